The van der Waals surface area contributed by atoms with Gasteiger partial charge in [0.15, 0.2) is 0 Å². The van der Waals surface area contributed by atoms with Crippen LogP contribution >= 0.6 is 0 Å². The molecule has 0 saturated carbocycles. The third-order valence-electron chi connectivity index (χ3n) is 3.21. The maximum absolute atomic E-state index is 3.13. The predicted molar refractivity (Wildman–Crippen MR) is 86.6 cm³/mol. The Balaban J connectivity index is 1.88. The summed E-state index contributed by atoms with van der Waals surface area (Å²) >= 11 is 0. The Morgan fingerprint density at radius 3 is 2.35 bits per heavy atom. The lowest BCUT2D eigenvalue weighted by atomic mass is 10.1. The highest BCUT2D eigenvalue weighted by atomic mass is 14.8. The molecule has 2 aromatic carbocycles. The van der Waals surface area contributed by atoms with Crippen LogP contribution in [0.1, 0.15) is 37.3 Å². The molecule has 0 heterocycles. The first-order valence-electron chi connectivity index (χ1n) is 7.29. The maximum atomic E-state index is 3.13. The molecule has 20 heavy (non-hydrogen) atoms. The first-order valence-corrected chi connectivity index (χ1v) is 7.29. The van der Waals surface area contributed by atoms with Gasteiger partial charge in [0.1, 0.15) is 0 Å². The van der Waals surface area contributed by atoms with E-state index in [9.17, 15) is 0 Å². The largest absolute Gasteiger partial charge is 0.315 e. The second-order valence-corrected chi connectivity index (χ2v) is 4.90. The lowest BCUT2D eigenvalue weighted by Crippen LogP contribution is -1.88. The highest BCUT2D eigenvalue weighted by molar-refractivity contribution is 5.49. The minimum Gasteiger partial charge on any atom is -0.315 e. The molecular formula is C19H21N. The van der Waals surface area contributed by atoms with Crippen LogP contribution in [0.15, 0.2) is 54.6 Å². The Morgan fingerprint density at radius 2 is 1.65 bits per heavy atom. The fraction of sp³-hybridized carbons (Fsp3) is 0.263. The van der Waals surface area contributed by atoms with Crippen LogP contribution in [0.2, 0.25) is 0 Å². The van der Waals surface area contributed by atoms with Gasteiger partial charge in [0.2, 0.25) is 0 Å². The molecule has 0 fully saturated rings. The average Bonchev–Trinajstić information content (AvgIpc) is 2.50. The van der Waals surface area contributed by atoms with E-state index in [0.717, 1.165) is 11.3 Å². The van der Waals surface area contributed by atoms with Gasteiger partial charge in [-0.1, -0.05) is 50.1 Å². The summed E-state index contributed by atoms with van der Waals surface area (Å²) in [5, 5.41) is 3.09. The number of rotatable bonds is 5. The van der Waals surface area contributed by atoms with E-state index in [2.05, 4.69) is 48.5 Å². The SMILES string of the molecule is CCCCCc1ccc(C#CNc2ccccc2)cc1. The van der Waals surface area contributed by atoms with Gasteiger partial charge in [-0.2, -0.15) is 0 Å². The van der Waals surface area contributed by atoms with E-state index < -0.39 is 0 Å². The van der Waals surface area contributed by atoms with E-state index in [1.165, 1.54) is 31.2 Å². The summed E-state index contributed by atoms with van der Waals surface area (Å²) in [4.78, 5) is 0. The smallest absolute Gasteiger partial charge is 0.0459 e. The molecule has 0 aromatic heterocycles. The van der Waals surface area contributed by atoms with Crippen LogP contribution in [0, 0.1) is 12.0 Å². The van der Waals surface area contributed by atoms with Crippen molar-refractivity contribution in [2.75, 3.05) is 5.32 Å². The van der Waals surface area contributed by atoms with Crippen LogP contribution in [0.5, 0.6) is 0 Å². The van der Waals surface area contributed by atoms with E-state index in [1.54, 1.807) is 0 Å². The third kappa shape index (κ3) is 4.82. The summed E-state index contributed by atoms with van der Waals surface area (Å²) in [6.07, 6.45) is 5.03. The average molecular weight is 263 g/mol. The number of anilines is 1. The summed E-state index contributed by atoms with van der Waals surface area (Å²) < 4.78 is 0. The molecule has 0 aliphatic rings. The first-order chi connectivity index (χ1) is 9.88. The molecule has 0 saturated heterocycles. The number of aryl methyl sites for hydroxylation is 1. The zero-order chi connectivity index (χ0) is 14.0. The van der Waals surface area contributed by atoms with Gasteiger partial charge < -0.3 is 5.32 Å². The molecule has 0 amide bonds. The molecule has 1 nitrogen and oxygen atoms in total. The Kier molecular flexibility index (Phi) is 5.73. The predicted octanol–water partition coefficient (Wildman–Crippen LogP) is 4.84. The van der Waals surface area contributed by atoms with E-state index in [-0.39, 0.29) is 0 Å². The molecule has 102 valence electrons. The molecule has 1 heteroatoms. The minimum atomic E-state index is 1.02. The van der Waals surface area contributed by atoms with Gasteiger partial charge in [0, 0.05) is 17.3 Å². The van der Waals surface area contributed by atoms with Gasteiger partial charge in [-0.25, -0.2) is 0 Å². The van der Waals surface area contributed by atoms with Crippen LogP contribution in [0.25, 0.3) is 0 Å². The maximum Gasteiger partial charge on any atom is 0.0459 e. The molecule has 2 rings (SSSR count). The van der Waals surface area contributed by atoms with Crippen molar-refractivity contribution in [2.24, 2.45) is 0 Å². The van der Waals surface area contributed by atoms with E-state index in [1.807, 2.05) is 30.3 Å². The molecule has 0 aliphatic heterocycles. The molecule has 0 spiro atoms. The molecule has 0 unspecified atom stereocenters. The Hall–Kier alpha value is -2.20. The van der Waals surface area contributed by atoms with Crippen molar-refractivity contribution in [1.29, 1.82) is 0 Å². The van der Waals surface area contributed by atoms with Crippen molar-refractivity contribution < 1.29 is 0 Å². The topological polar surface area (TPSA) is 12.0 Å². The lowest BCUT2D eigenvalue weighted by molar-refractivity contribution is 0.717. The van der Waals surface area contributed by atoms with Crippen LogP contribution in [0.4, 0.5) is 5.69 Å². The number of hydrogen-bond acceptors (Lipinski definition) is 1. The van der Waals surface area contributed by atoms with Gasteiger partial charge in [0.25, 0.3) is 0 Å². The lowest BCUT2D eigenvalue weighted by Gasteiger charge is -2.00. The number of nitrogens with one attached hydrogen (secondary N) is 1. The van der Waals surface area contributed by atoms with Crippen molar-refractivity contribution in [3.8, 4) is 12.0 Å². The molecule has 0 atom stereocenters. The molecule has 2 aromatic rings. The summed E-state index contributed by atoms with van der Waals surface area (Å²) in [6.45, 7) is 2.23. The van der Waals surface area contributed by atoms with Gasteiger partial charge >= 0.3 is 0 Å². The summed E-state index contributed by atoms with van der Waals surface area (Å²) in [6, 6.07) is 21.5. The van der Waals surface area contributed by atoms with Crippen molar-refractivity contribution >= 4 is 5.69 Å². The normalized spacial score (nSPS) is 9.65. The minimum absolute atomic E-state index is 1.02. The monoisotopic (exact) mass is 263 g/mol. The fourth-order valence-corrected chi connectivity index (χ4v) is 2.03. The van der Waals surface area contributed by atoms with Gasteiger partial charge in [-0.3, -0.25) is 0 Å². The number of unbranched alkanes of at least 4 members (excludes halogenated alkanes) is 2. The third-order valence-corrected chi connectivity index (χ3v) is 3.21. The zero-order valence-electron chi connectivity index (χ0n) is 12.0. The van der Waals surface area contributed by atoms with Crippen molar-refractivity contribution in [3.63, 3.8) is 0 Å². The fourth-order valence-electron chi connectivity index (χ4n) is 2.03. The number of benzene rings is 2. The Labute approximate surface area is 122 Å². The van der Waals surface area contributed by atoms with Crippen molar-refractivity contribution in [3.05, 3.63) is 65.7 Å². The van der Waals surface area contributed by atoms with Crippen LogP contribution < -0.4 is 5.32 Å². The van der Waals surface area contributed by atoms with E-state index in [0.29, 0.717) is 0 Å². The highest BCUT2D eigenvalue weighted by Gasteiger charge is 1.93. The van der Waals surface area contributed by atoms with Crippen molar-refractivity contribution in [2.45, 2.75) is 32.6 Å². The number of para-hydroxylation sites is 1. The molecular weight excluding hydrogens is 242 g/mol. The molecule has 1 N–H and O–H groups in total. The Morgan fingerprint density at radius 1 is 0.900 bits per heavy atom. The second kappa shape index (κ2) is 8.07. The second-order valence-electron chi connectivity index (χ2n) is 4.90. The highest BCUT2D eigenvalue weighted by Crippen LogP contribution is 2.08. The summed E-state index contributed by atoms with van der Waals surface area (Å²) in [7, 11) is 0. The molecule has 0 radical (unpaired) electrons. The summed E-state index contributed by atoms with van der Waals surface area (Å²) in [5.74, 6) is 3.13. The number of hydrogen-bond donors (Lipinski definition) is 1. The van der Waals surface area contributed by atoms with Gasteiger partial charge in [-0.15, -0.1) is 0 Å². The van der Waals surface area contributed by atoms with E-state index in [4.69, 9.17) is 0 Å². The Bertz CT molecular complexity index is 558. The van der Waals surface area contributed by atoms with Crippen LogP contribution in [0.3, 0.4) is 0 Å². The standard InChI is InChI=1S/C19H21N/c1-2-3-5-8-17-11-13-18(14-12-17)15-16-20-19-9-6-4-7-10-19/h4,6-7,9-14,20H,2-3,5,8H2,1H3. The van der Waals surface area contributed by atoms with Gasteiger partial charge in [0.05, 0.1) is 0 Å². The van der Waals surface area contributed by atoms with E-state index >= 15 is 0 Å². The molecule has 0 aliphatic carbocycles. The van der Waals surface area contributed by atoms with Crippen molar-refractivity contribution in [1.82, 2.24) is 0 Å². The first kappa shape index (κ1) is 14.2. The summed E-state index contributed by atoms with van der Waals surface area (Å²) in [5.41, 5.74) is 3.48. The van der Waals surface area contributed by atoms with Crippen LogP contribution in [-0.2, 0) is 6.42 Å². The molecule has 0 bridgehead atoms. The van der Waals surface area contributed by atoms with Crippen LogP contribution in [-0.4, -0.2) is 0 Å². The van der Waals surface area contributed by atoms with Gasteiger partial charge in [-0.05, 0) is 48.6 Å². The zero-order valence-corrected chi connectivity index (χ0v) is 12.0. The quantitative estimate of drug-likeness (QED) is 0.462.